The minimum atomic E-state index is -0.596. The molecule has 0 saturated carbocycles. The Morgan fingerprint density at radius 3 is 2.65 bits per heavy atom. The van der Waals surface area contributed by atoms with Crippen LogP contribution in [0.4, 0.5) is 0 Å². The zero-order valence-electron chi connectivity index (χ0n) is 14.7. The van der Waals surface area contributed by atoms with Crippen molar-refractivity contribution < 1.29 is 19.2 Å². The lowest BCUT2D eigenvalue weighted by atomic mass is 9.99. The lowest BCUT2D eigenvalue weighted by Gasteiger charge is -2.12. The van der Waals surface area contributed by atoms with E-state index in [-0.39, 0.29) is 12.3 Å². The molecule has 0 aliphatic carbocycles. The Labute approximate surface area is 157 Å². The number of carbonyl (C=O) groups excluding carboxylic acids is 1. The van der Waals surface area contributed by atoms with Gasteiger partial charge in [0.1, 0.15) is 13.7 Å². The molecule has 0 bridgehead atoms. The number of methoxy groups -OCH3 is 1. The molecular formula is C19H19ClN2O4. The molecule has 2 aromatic carbocycles. The van der Waals surface area contributed by atoms with Crippen LogP contribution in [0, 0.1) is 6.92 Å². The maximum Gasteiger partial charge on any atom is 0.360 e. The van der Waals surface area contributed by atoms with Crippen LogP contribution in [-0.4, -0.2) is 32.1 Å². The van der Waals surface area contributed by atoms with Crippen LogP contribution in [0.2, 0.25) is 5.02 Å². The Kier molecular flexibility index (Phi) is 7.17. The first-order chi connectivity index (χ1) is 12.6. The maximum absolute atomic E-state index is 12.0. The molecule has 0 aliphatic heterocycles. The standard InChI is InChI=1S/C19H19ClN2O4/c1-13-6-4-9-16(18(22-25-3)19(23)24-2)17(13)12-26-21-11-14-7-5-8-15(20)10-14/h4-11H,12H2,1-3H3/b21-11+,22-18+. The predicted octanol–water partition coefficient (Wildman–Crippen LogP) is 3.72. The average Bonchev–Trinajstić information content (AvgIpc) is 2.64. The summed E-state index contributed by atoms with van der Waals surface area (Å²) in [5.74, 6) is -0.596. The largest absolute Gasteiger partial charge is 0.464 e. The van der Waals surface area contributed by atoms with Crippen LogP contribution in [0.25, 0.3) is 0 Å². The van der Waals surface area contributed by atoms with Crippen molar-refractivity contribution in [3.05, 3.63) is 69.7 Å². The number of esters is 1. The van der Waals surface area contributed by atoms with Gasteiger partial charge in [0.15, 0.2) is 5.71 Å². The third-order valence-electron chi connectivity index (χ3n) is 3.56. The van der Waals surface area contributed by atoms with Gasteiger partial charge < -0.3 is 14.4 Å². The summed E-state index contributed by atoms with van der Waals surface area (Å²) in [7, 11) is 2.65. The summed E-state index contributed by atoms with van der Waals surface area (Å²) in [6.45, 7) is 2.06. The second-order valence-corrected chi connectivity index (χ2v) is 5.71. The number of oxime groups is 2. The molecule has 0 radical (unpaired) electrons. The van der Waals surface area contributed by atoms with Crippen LogP contribution in [0.5, 0.6) is 0 Å². The number of aryl methyl sites for hydroxylation is 1. The van der Waals surface area contributed by atoms with E-state index in [1.54, 1.807) is 24.4 Å². The van der Waals surface area contributed by atoms with Gasteiger partial charge in [-0.15, -0.1) is 0 Å². The molecule has 2 aromatic rings. The smallest absolute Gasteiger partial charge is 0.360 e. The second kappa shape index (κ2) is 9.58. The van der Waals surface area contributed by atoms with E-state index in [4.69, 9.17) is 26.0 Å². The van der Waals surface area contributed by atoms with Crippen molar-refractivity contribution >= 4 is 29.5 Å². The Bertz CT molecular complexity index is 834. The number of hydrogen-bond acceptors (Lipinski definition) is 6. The molecule has 6 nitrogen and oxygen atoms in total. The summed E-state index contributed by atoms with van der Waals surface area (Å²) >= 11 is 5.93. The van der Waals surface area contributed by atoms with Gasteiger partial charge in [-0.1, -0.05) is 52.2 Å². The number of rotatable bonds is 7. The highest BCUT2D eigenvalue weighted by atomic mass is 35.5. The number of hydrogen-bond donors (Lipinski definition) is 0. The monoisotopic (exact) mass is 374 g/mol. The van der Waals surface area contributed by atoms with E-state index in [0.717, 1.165) is 16.7 Å². The van der Waals surface area contributed by atoms with Crippen LogP contribution in [0.15, 0.2) is 52.8 Å². The van der Waals surface area contributed by atoms with Crippen LogP contribution in [0.1, 0.15) is 22.3 Å². The highest BCUT2D eigenvalue weighted by Crippen LogP contribution is 2.18. The van der Waals surface area contributed by atoms with Gasteiger partial charge in [0.2, 0.25) is 0 Å². The fraction of sp³-hybridized carbons (Fsp3) is 0.211. The van der Waals surface area contributed by atoms with E-state index in [1.165, 1.54) is 14.2 Å². The highest BCUT2D eigenvalue weighted by molar-refractivity contribution is 6.43. The van der Waals surface area contributed by atoms with Gasteiger partial charge in [-0.25, -0.2) is 4.79 Å². The Morgan fingerprint density at radius 1 is 1.19 bits per heavy atom. The third-order valence-corrected chi connectivity index (χ3v) is 3.80. The predicted molar refractivity (Wildman–Crippen MR) is 101 cm³/mol. The van der Waals surface area contributed by atoms with Gasteiger partial charge >= 0.3 is 5.97 Å². The van der Waals surface area contributed by atoms with Gasteiger partial charge in [-0.2, -0.15) is 0 Å². The number of benzene rings is 2. The fourth-order valence-corrected chi connectivity index (χ4v) is 2.49. The van der Waals surface area contributed by atoms with Crippen LogP contribution < -0.4 is 0 Å². The molecular weight excluding hydrogens is 356 g/mol. The van der Waals surface area contributed by atoms with Gasteiger partial charge in [-0.3, -0.25) is 0 Å². The number of halogens is 1. The molecule has 0 aromatic heterocycles. The molecule has 26 heavy (non-hydrogen) atoms. The minimum Gasteiger partial charge on any atom is -0.464 e. The first kappa shape index (κ1) is 19.5. The van der Waals surface area contributed by atoms with E-state index < -0.39 is 5.97 Å². The second-order valence-electron chi connectivity index (χ2n) is 5.28. The SMILES string of the molecule is CO/N=C(/C(=O)OC)c1cccc(C)c1CO/N=C/c1cccc(Cl)c1. The normalized spacial score (nSPS) is 11.5. The van der Waals surface area contributed by atoms with E-state index >= 15 is 0 Å². The van der Waals surface area contributed by atoms with Gasteiger partial charge in [0.05, 0.1) is 13.3 Å². The van der Waals surface area contributed by atoms with Crippen molar-refractivity contribution in [3.63, 3.8) is 0 Å². The Balaban J connectivity index is 2.21. The first-order valence-corrected chi connectivity index (χ1v) is 8.13. The van der Waals surface area contributed by atoms with Crippen LogP contribution in [0.3, 0.4) is 0 Å². The van der Waals surface area contributed by atoms with Crippen molar-refractivity contribution in [1.29, 1.82) is 0 Å². The van der Waals surface area contributed by atoms with Gasteiger partial charge in [0.25, 0.3) is 0 Å². The molecule has 2 rings (SSSR count). The van der Waals surface area contributed by atoms with E-state index in [1.807, 2.05) is 31.2 Å². The van der Waals surface area contributed by atoms with Crippen molar-refractivity contribution in [3.8, 4) is 0 Å². The summed E-state index contributed by atoms with van der Waals surface area (Å²) < 4.78 is 4.78. The molecule has 0 amide bonds. The zero-order chi connectivity index (χ0) is 18.9. The number of ether oxygens (including phenoxy) is 1. The molecule has 0 fully saturated rings. The Hall–Kier alpha value is -2.86. The van der Waals surface area contributed by atoms with E-state index in [2.05, 4.69) is 10.3 Å². The Morgan fingerprint density at radius 2 is 1.96 bits per heavy atom. The van der Waals surface area contributed by atoms with Gasteiger partial charge in [-0.05, 0) is 30.2 Å². The maximum atomic E-state index is 12.0. The summed E-state index contributed by atoms with van der Waals surface area (Å²) in [6.07, 6.45) is 1.56. The molecule has 0 unspecified atom stereocenters. The minimum absolute atomic E-state index is 0.0659. The third kappa shape index (κ3) is 5.07. The van der Waals surface area contributed by atoms with Crippen molar-refractivity contribution in [2.24, 2.45) is 10.3 Å². The molecule has 0 N–H and O–H groups in total. The van der Waals surface area contributed by atoms with Crippen LogP contribution in [-0.2, 0) is 25.8 Å². The van der Waals surface area contributed by atoms with Crippen LogP contribution >= 0.6 is 11.6 Å². The van der Waals surface area contributed by atoms with Crippen molar-refractivity contribution in [2.75, 3.05) is 14.2 Å². The number of nitrogens with zero attached hydrogens (tertiary/aromatic N) is 2. The van der Waals surface area contributed by atoms with Crippen molar-refractivity contribution in [2.45, 2.75) is 13.5 Å². The average molecular weight is 375 g/mol. The molecule has 0 saturated heterocycles. The molecule has 0 spiro atoms. The summed E-state index contributed by atoms with van der Waals surface area (Å²) in [5, 5.41) is 8.36. The first-order valence-electron chi connectivity index (χ1n) is 7.76. The summed E-state index contributed by atoms with van der Waals surface area (Å²) in [6, 6.07) is 12.7. The number of carbonyl (C=O) groups is 1. The van der Waals surface area contributed by atoms with E-state index in [0.29, 0.717) is 10.6 Å². The van der Waals surface area contributed by atoms with Crippen molar-refractivity contribution in [1.82, 2.24) is 0 Å². The molecule has 0 heterocycles. The van der Waals surface area contributed by atoms with Gasteiger partial charge in [0, 0.05) is 16.1 Å². The van der Waals surface area contributed by atoms with E-state index in [9.17, 15) is 4.79 Å². The quantitative estimate of drug-likeness (QED) is 0.420. The fourth-order valence-electron chi connectivity index (χ4n) is 2.29. The molecule has 0 aliphatic rings. The topological polar surface area (TPSA) is 69.5 Å². The summed E-state index contributed by atoms with van der Waals surface area (Å²) in [5.41, 5.74) is 3.14. The highest BCUT2D eigenvalue weighted by Gasteiger charge is 2.20. The zero-order valence-corrected chi connectivity index (χ0v) is 15.5. The lowest BCUT2D eigenvalue weighted by molar-refractivity contribution is -0.132. The molecule has 0 atom stereocenters. The summed E-state index contributed by atoms with van der Waals surface area (Å²) in [4.78, 5) is 22.2. The molecule has 7 heteroatoms. The molecule has 136 valence electrons. The lowest BCUT2D eigenvalue weighted by Crippen LogP contribution is -2.20.